The summed E-state index contributed by atoms with van der Waals surface area (Å²) in [5.74, 6) is -0.844. The molecule has 7 nitrogen and oxygen atoms in total. The zero-order valence-corrected chi connectivity index (χ0v) is 22.3. The predicted octanol–water partition coefficient (Wildman–Crippen LogP) is 4.26. The molecule has 0 aliphatic carbocycles. The van der Waals surface area contributed by atoms with Gasteiger partial charge in [-0.15, -0.1) is 0 Å². The van der Waals surface area contributed by atoms with Crippen LogP contribution in [-0.4, -0.2) is 50.3 Å². The highest BCUT2D eigenvalue weighted by atomic mass is 35.5. The minimum atomic E-state index is -3.95. The number of benzene rings is 2. The molecule has 36 heavy (non-hydrogen) atoms. The summed E-state index contributed by atoms with van der Waals surface area (Å²) in [6, 6.07) is 7.50. The summed E-state index contributed by atoms with van der Waals surface area (Å²) in [5, 5.41) is 8.32. The molecule has 3 heterocycles. The van der Waals surface area contributed by atoms with Crippen molar-refractivity contribution in [3.8, 4) is 0 Å². The molecule has 0 radical (unpaired) electrons. The van der Waals surface area contributed by atoms with Gasteiger partial charge >= 0.3 is 0 Å². The number of nitrogens with one attached hydrogen (secondary N) is 2. The van der Waals surface area contributed by atoms with Crippen LogP contribution in [0.2, 0.25) is 5.02 Å². The Morgan fingerprint density at radius 1 is 1.25 bits per heavy atom. The number of anilines is 1. The van der Waals surface area contributed by atoms with Crippen LogP contribution < -0.4 is 15.6 Å². The third-order valence-corrected chi connectivity index (χ3v) is 9.75. The fourth-order valence-electron chi connectivity index (χ4n) is 5.66. The van der Waals surface area contributed by atoms with E-state index in [4.69, 9.17) is 11.6 Å². The van der Waals surface area contributed by atoms with Gasteiger partial charge in [0.25, 0.3) is 0 Å². The first kappa shape index (κ1) is 25.2. The van der Waals surface area contributed by atoms with Gasteiger partial charge in [0.15, 0.2) is 0 Å². The topological polar surface area (TPSA) is 77.0 Å². The van der Waals surface area contributed by atoms with E-state index in [1.54, 1.807) is 24.3 Å². The van der Waals surface area contributed by atoms with Crippen molar-refractivity contribution in [2.45, 2.75) is 56.5 Å². The normalized spacial score (nSPS) is 23.2. The quantitative estimate of drug-likeness (QED) is 0.603. The molecule has 5 rings (SSSR count). The Kier molecular flexibility index (Phi) is 6.61. The largest absolute Gasteiger partial charge is 0.352 e. The van der Waals surface area contributed by atoms with Gasteiger partial charge in [0.1, 0.15) is 10.7 Å². The SMILES string of the molecule is C=C1CC([C@H]([C@H](C)c2c(F)ccc(C)c2C)N2CN([C@H]3CCNC3)c3cc(Cl)ccc3S2(=O)=O)=NN1. The van der Waals surface area contributed by atoms with E-state index in [-0.39, 0.29) is 23.4 Å². The highest BCUT2D eigenvalue weighted by molar-refractivity contribution is 7.89. The van der Waals surface area contributed by atoms with Crippen molar-refractivity contribution in [3.05, 3.63) is 70.1 Å². The van der Waals surface area contributed by atoms with Crippen LogP contribution >= 0.6 is 11.6 Å². The third kappa shape index (κ3) is 4.22. The molecular weight excluding hydrogens is 501 g/mol. The fourth-order valence-corrected chi connectivity index (χ4v) is 7.64. The molecule has 3 aliphatic rings. The van der Waals surface area contributed by atoms with Crippen molar-refractivity contribution in [1.82, 2.24) is 15.0 Å². The van der Waals surface area contributed by atoms with Gasteiger partial charge in [0.05, 0.1) is 24.1 Å². The molecule has 2 N–H and O–H groups in total. The van der Waals surface area contributed by atoms with Crippen molar-refractivity contribution in [1.29, 1.82) is 0 Å². The van der Waals surface area contributed by atoms with E-state index in [0.717, 1.165) is 30.6 Å². The highest BCUT2D eigenvalue weighted by Crippen LogP contribution is 2.42. The number of rotatable bonds is 5. The second-order valence-electron chi connectivity index (χ2n) is 9.89. The lowest BCUT2D eigenvalue weighted by molar-refractivity contribution is 0.321. The first-order valence-electron chi connectivity index (χ1n) is 12.1. The predicted molar refractivity (Wildman–Crippen MR) is 142 cm³/mol. The Morgan fingerprint density at radius 2 is 2.03 bits per heavy atom. The Bertz CT molecular complexity index is 1360. The summed E-state index contributed by atoms with van der Waals surface area (Å²) in [5.41, 5.74) is 7.08. The summed E-state index contributed by atoms with van der Waals surface area (Å²) < 4.78 is 45.1. The van der Waals surface area contributed by atoms with Gasteiger partial charge < -0.3 is 10.2 Å². The van der Waals surface area contributed by atoms with E-state index in [1.807, 2.05) is 20.8 Å². The first-order valence-corrected chi connectivity index (χ1v) is 14.0. The van der Waals surface area contributed by atoms with Crippen molar-refractivity contribution in [3.63, 3.8) is 0 Å². The maximum Gasteiger partial charge on any atom is 0.247 e. The van der Waals surface area contributed by atoms with E-state index in [2.05, 4.69) is 27.3 Å². The highest BCUT2D eigenvalue weighted by Gasteiger charge is 2.46. The summed E-state index contributed by atoms with van der Waals surface area (Å²) in [6.45, 7) is 11.4. The number of hydrogen-bond donors (Lipinski definition) is 2. The molecular formula is C26H31ClFN5O2S. The van der Waals surface area contributed by atoms with Crippen LogP contribution in [-0.2, 0) is 10.0 Å². The smallest absolute Gasteiger partial charge is 0.247 e. The van der Waals surface area contributed by atoms with Gasteiger partial charge in [-0.2, -0.15) is 9.41 Å². The van der Waals surface area contributed by atoms with Crippen molar-refractivity contribution >= 4 is 33.0 Å². The molecule has 0 unspecified atom stereocenters. The summed E-state index contributed by atoms with van der Waals surface area (Å²) in [7, 11) is -3.95. The van der Waals surface area contributed by atoms with Gasteiger partial charge in [-0.05, 0) is 67.8 Å². The first-order chi connectivity index (χ1) is 17.1. The van der Waals surface area contributed by atoms with Crippen LogP contribution in [0.5, 0.6) is 0 Å². The van der Waals surface area contributed by atoms with Crippen molar-refractivity contribution < 1.29 is 12.8 Å². The number of halogens is 2. The zero-order chi connectivity index (χ0) is 25.8. The number of aryl methyl sites for hydroxylation is 1. The van der Waals surface area contributed by atoms with Crippen LogP contribution in [0.4, 0.5) is 10.1 Å². The van der Waals surface area contributed by atoms with Crippen LogP contribution in [0.15, 0.2) is 52.6 Å². The third-order valence-electron chi connectivity index (χ3n) is 7.65. The Morgan fingerprint density at radius 3 is 2.69 bits per heavy atom. The van der Waals surface area contributed by atoms with E-state index < -0.39 is 22.0 Å². The summed E-state index contributed by atoms with van der Waals surface area (Å²) in [4.78, 5) is 2.31. The molecule has 3 atom stereocenters. The second kappa shape index (κ2) is 9.45. The molecule has 0 saturated carbocycles. The lowest BCUT2D eigenvalue weighted by Gasteiger charge is -2.45. The van der Waals surface area contributed by atoms with E-state index in [0.29, 0.717) is 34.1 Å². The van der Waals surface area contributed by atoms with Gasteiger partial charge in [-0.3, -0.25) is 5.43 Å². The summed E-state index contributed by atoms with van der Waals surface area (Å²) >= 11 is 6.31. The minimum absolute atomic E-state index is 0.104. The number of hydrazone groups is 1. The maximum absolute atomic E-state index is 15.3. The number of sulfonamides is 1. The Labute approximate surface area is 217 Å². The molecule has 3 aliphatic heterocycles. The number of allylic oxidation sites excluding steroid dienone is 1. The molecule has 192 valence electrons. The van der Waals surface area contributed by atoms with Crippen LogP contribution in [0.3, 0.4) is 0 Å². The molecule has 10 heteroatoms. The standard InChI is InChI=1S/C26H31ClFN5O2S/c1-15-5-7-21(28)25(17(15)3)18(4)26(22-11-16(2)30-31-22)33-14-32(20-9-10-29-13-20)23-12-19(27)6-8-24(23)36(33,34)35/h5-8,12,18,20,26,29-30H,2,9-11,13-14H2,1,3-4H3/t18-,20+,26+/m1/s1. The van der Waals surface area contributed by atoms with Crippen LogP contribution in [0.25, 0.3) is 0 Å². The van der Waals surface area contributed by atoms with Gasteiger partial charge in [0.2, 0.25) is 10.0 Å². The molecule has 1 saturated heterocycles. The average Bonchev–Trinajstić information content (AvgIpc) is 3.50. The molecule has 2 aromatic carbocycles. The lowest BCUT2D eigenvalue weighted by Crippen LogP contribution is -2.57. The molecule has 0 spiro atoms. The molecule has 0 aromatic heterocycles. The second-order valence-corrected chi connectivity index (χ2v) is 12.2. The zero-order valence-electron chi connectivity index (χ0n) is 20.7. The minimum Gasteiger partial charge on any atom is -0.352 e. The fraction of sp³-hybridized carbons (Fsp3) is 0.423. The molecule has 1 fully saturated rings. The number of nitrogens with zero attached hydrogens (tertiary/aromatic N) is 3. The number of hydrogen-bond acceptors (Lipinski definition) is 6. The lowest BCUT2D eigenvalue weighted by atomic mass is 9.85. The molecule has 2 aromatic rings. The van der Waals surface area contributed by atoms with E-state index in [1.165, 1.54) is 10.4 Å². The van der Waals surface area contributed by atoms with Crippen molar-refractivity contribution in [2.75, 3.05) is 24.7 Å². The average molecular weight is 532 g/mol. The van der Waals surface area contributed by atoms with E-state index in [9.17, 15) is 8.42 Å². The Hall–Kier alpha value is -2.46. The molecule has 0 amide bonds. The van der Waals surface area contributed by atoms with Gasteiger partial charge in [0, 0.05) is 35.6 Å². The van der Waals surface area contributed by atoms with Crippen molar-refractivity contribution in [2.24, 2.45) is 5.10 Å². The van der Waals surface area contributed by atoms with E-state index >= 15 is 4.39 Å². The van der Waals surface area contributed by atoms with Crippen LogP contribution in [0.1, 0.15) is 42.4 Å². The van der Waals surface area contributed by atoms with Gasteiger partial charge in [-0.25, -0.2) is 12.8 Å². The number of fused-ring (bicyclic) bond motifs is 1. The Balaban J connectivity index is 1.68. The summed E-state index contributed by atoms with van der Waals surface area (Å²) in [6.07, 6.45) is 1.27. The molecule has 0 bridgehead atoms. The van der Waals surface area contributed by atoms with Gasteiger partial charge in [-0.1, -0.05) is 31.2 Å². The van der Waals surface area contributed by atoms with Crippen LogP contribution in [0, 0.1) is 19.7 Å². The monoisotopic (exact) mass is 531 g/mol. The maximum atomic E-state index is 15.3.